The van der Waals surface area contributed by atoms with Gasteiger partial charge >= 0.3 is 0 Å². The lowest BCUT2D eigenvalue weighted by atomic mass is 10.1. The van der Waals surface area contributed by atoms with Crippen LogP contribution in [0.2, 0.25) is 5.02 Å². The first-order valence-corrected chi connectivity index (χ1v) is 12.6. The minimum absolute atomic E-state index is 0.0834. The number of halogens is 1. The Kier molecular flexibility index (Phi) is 7.19. The van der Waals surface area contributed by atoms with E-state index in [4.69, 9.17) is 21.3 Å². The molecular formula is C30H28ClN3O2. The second-order valence-corrected chi connectivity index (χ2v) is 9.22. The van der Waals surface area contributed by atoms with Gasteiger partial charge in [0.2, 0.25) is 0 Å². The van der Waals surface area contributed by atoms with Crippen LogP contribution in [0, 0.1) is 0 Å². The fourth-order valence-corrected chi connectivity index (χ4v) is 4.49. The quantitative estimate of drug-likeness (QED) is 0.223. The molecule has 0 spiro atoms. The summed E-state index contributed by atoms with van der Waals surface area (Å²) in [6.45, 7) is 3.61. The van der Waals surface area contributed by atoms with Crippen LogP contribution in [0.1, 0.15) is 41.5 Å². The molecule has 0 fully saturated rings. The smallest absolute Gasteiger partial charge is 0.251 e. The van der Waals surface area contributed by atoms with E-state index in [1.807, 2.05) is 66.7 Å². The van der Waals surface area contributed by atoms with Crippen LogP contribution >= 0.6 is 11.6 Å². The first-order valence-electron chi connectivity index (χ1n) is 12.2. The number of nitrogens with zero attached hydrogens (tertiary/aromatic N) is 2. The van der Waals surface area contributed by atoms with E-state index in [0.717, 1.165) is 46.4 Å². The molecule has 0 unspecified atom stereocenters. The monoisotopic (exact) mass is 497 g/mol. The molecular weight excluding hydrogens is 470 g/mol. The van der Waals surface area contributed by atoms with Crippen LogP contribution in [0.15, 0.2) is 84.9 Å². The molecule has 0 saturated carbocycles. The molecule has 0 aliphatic rings. The van der Waals surface area contributed by atoms with Gasteiger partial charge in [-0.3, -0.25) is 4.79 Å². The van der Waals surface area contributed by atoms with Crippen molar-refractivity contribution in [1.82, 2.24) is 14.9 Å². The van der Waals surface area contributed by atoms with Gasteiger partial charge in [0.1, 0.15) is 18.2 Å². The topological polar surface area (TPSA) is 56.1 Å². The molecule has 5 rings (SSSR count). The lowest BCUT2D eigenvalue weighted by Crippen LogP contribution is -2.24. The molecule has 1 N–H and O–H groups in total. The predicted octanol–water partition coefficient (Wildman–Crippen LogP) is 7.00. The minimum atomic E-state index is -0.0834. The van der Waals surface area contributed by atoms with Crippen molar-refractivity contribution < 1.29 is 9.53 Å². The molecule has 0 aliphatic carbocycles. The number of aromatic nitrogens is 2. The highest BCUT2D eigenvalue weighted by molar-refractivity contribution is 6.31. The van der Waals surface area contributed by atoms with Gasteiger partial charge in [0.05, 0.1) is 17.6 Å². The van der Waals surface area contributed by atoms with Crippen LogP contribution in [0.25, 0.3) is 21.8 Å². The molecule has 0 bridgehead atoms. The van der Waals surface area contributed by atoms with Crippen molar-refractivity contribution in [3.63, 3.8) is 0 Å². The third-order valence-electron chi connectivity index (χ3n) is 6.28. The van der Waals surface area contributed by atoms with Crippen molar-refractivity contribution >= 4 is 39.3 Å². The summed E-state index contributed by atoms with van der Waals surface area (Å²) in [5.74, 6) is 1.46. The molecule has 182 valence electrons. The SMILES string of the molecule is CCCCNC(=O)c1ccc2c(c1)nc(COc1ccc3ccccc3c1)n2Cc1ccccc1Cl. The number of carbonyl (C=O) groups excluding carboxylic acids is 1. The molecule has 5 aromatic rings. The molecule has 1 aromatic heterocycles. The largest absolute Gasteiger partial charge is 0.486 e. The van der Waals surface area contributed by atoms with Crippen LogP contribution in [0.5, 0.6) is 5.75 Å². The molecule has 1 amide bonds. The number of nitrogens with one attached hydrogen (secondary N) is 1. The summed E-state index contributed by atoms with van der Waals surface area (Å²) in [5, 5.41) is 5.97. The second kappa shape index (κ2) is 10.8. The van der Waals surface area contributed by atoms with Gasteiger partial charge in [-0.05, 0) is 59.2 Å². The van der Waals surface area contributed by atoms with E-state index < -0.39 is 0 Å². The number of hydrogen-bond acceptors (Lipinski definition) is 3. The summed E-state index contributed by atoms with van der Waals surface area (Å²) < 4.78 is 8.29. The van der Waals surface area contributed by atoms with Crippen molar-refractivity contribution in [2.75, 3.05) is 6.54 Å². The summed E-state index contributed by atoms with van der Waals surface area (Å²) >= 11 is 6.48. The number of unbranched alkanes of at least 4 members (excludes halogenated alkanes) is 1. The summed E-state index contributed by atoms with van der Waals surface area (Å²) in [7, 11) is 0. The summed E-state index contributed by atoms with van der Waals surface area (Å²) in [4.78, 5) is 17.5. The Bertz CT molecular complexity index is 1530. The standard InChI is InChI=1S/C30H28ClN3O2/c1-2-3-16-32-30(35)23-13-15-28-27(18-23)33-29(34(28)19-24-10-6-7-11-26(24)31)20-36-25-14-12-21-8-4-5-9-22(21)17-25/h4-15,17-18H,2-3,16,19-20H2,1H3,(H,32,35). The number of rotatable bonds is 9. The zero-order chi connectivity index (χ0) is 24.9. The van der Waals surface area contributed by atoms with Gasteiger partial charge in [-0.1, -0.05) is 73.5 Å². The fourth-order valence-electron chi connectivity index (χ4n) is 4.29. The highest BCUT2D eigenvalue weighted by Crippen LogP contribution is 2.25. The molecule has 5 nitrogen and oxygen atoms in total. The molecule has 0 aliphatic heterocycles. The first-order chi connectivity index (χ1) is 17.6. The van der Waals surface area contributed by atoms with Gasteiger partial charge in [0, 0.05) is 17.1 Å². The predicted molar refractivity (Wildman–Crippen MR) is 146 cm³/mol. The van der Waals surface area contributed by atoms with Crippen LogP contribution in [0.3, 0.4) is 0 Å². The molecule has 0 saturated heterocycles. The third-order valence-corrected chi connectivity index (χ3v) is 6.65. The van der Waals surface area contributed by atoms with E-state index in [2.05, 4.69) is 35.0 Å². The molecule has 0 atom stereocenters. The van der Waals surface area contributed by atoms with Crippen molar-refractivity contribution in [2.45, 2.75) is 32.9 Å². The Morgan fingerprint density at radius 1 is 0.972 bits per heavy atom. The van der Waals surface area contributed by atoms with Crippen LogP contribution in [0.4, 0.5) is 0 Å². The van der Waals surface area contributed by atoms with Crippen molar-refractivity contribution in [2.24, 2.45) is 0 Å². The molecule has 1 heterocycles. The molecule has 0 radical (unpaired) electrons. The van der Waals surface area contributed by atoms with Crippen LogP contribution in [-0.4, -0.2) is 22.0 Å². The fraction of sp³-hybridized carbons (Fsp3) is 0.200. The van der Waals surface area contributed by atoms with Gasteiger partial charge in [0.25, 0.3) is 5.91 Å². The van der Waals surface area contributed by atoms with Crippen molar-refractivity contribution in [3.8, 4) is 5.75 Å². The number of ether oxygens (including phenoxy) is 1. The number of carbonyl (C=O) groups is 1. The van der Waals surface area contributed by atoms with Crippen LogP contribution in [-0.2, 0) is 13.2 Å². The maximum absolute atomic E-state index is 12.6. The van der Waals surface area contributed by atoms with Crippen LogP contribution < -0.4 is 10.1 Å². The van der Waals surface area contributed by atoms with E-state index in [0.29, 0.717) is 23.7 Å². The second-order valence-electron chi connectivity index (χ2n) is 8.82. The Labute approximate surface area is 215 Å². The first kappa shape index (κ1) is 23.9. The van der Waals surface area contributed by atoms with E-state index in [1.54, 1.807) is 0 Å². The highest BCUT2D eigenvalue weighted by atomic mass is 35.5. The summed E-state index contributed by atoms with van der Waals surface area (Å²) in [5.41, 5.74) is 3.27. The maximum atomic E-state index is 12.6. The Morgan fingerprint density at radius 3 is 2.61 bits per heavy atom. The number of imidazole rings is 1. The van der Waals surface area contributed by atoms with Gasteiger partial charge in [-0.25, -0.2) is 4.98 Å². The molecule has 6 heteroatoms. The average Bonchev–Trinajstić information content (AvgIpc) is 3.25. The number of amides is 1. The molecule has 36 heavy (non-hydrogen) atoms. The third kappa shape index (κ3) is 5.21. The van der Waals surface area contributed by atoms with Gasteiger partial charge < -0.3 is 14.6 Å². The lowest BCUT2D eigenvalue weighted by Gasteiger charge is -2.12. The Balaban J connectivity index is 1.46. The van der Waals surface area contributed by atoms with Crippen molar-refractivity contribution in [1.29, 1.82) is 0 Å². The van der Waals surface area contributed by atoms with Gasteiger partial charge in [-0.15, -0.1) is 0 Å². The lowest BCUT2D eigenvalue weighted by molar-refractivity contribution is 0.0953. The van der Waals surface area contributed by atoms with E-state index in [-0.39, 0.29) is 12.5 Å². The normalized spacial score (nSPS) is 11.2. The summed E-state index contributed by atoms with van der Waals surface area (Å²) in [6.07, 6.45) is 1.99. The maximum Gasteiger partial charge on any atom is 0.251 e. The average molecular weight is 498 g/mol. The van der Waals surface area contributed by atoms with E-state index in [9.17, 15) is 4.79 Å². The number of benzene rings is 4. The highest BCUT2D eigenvalue weighted by Gasteiger charge is 2.16. The van der Waals surface area contributed by atoms with E-state index >= 15 is 0 Å². The van der Waals surface area contributed by atoms with Crippen molar-refractivity contribution in [3.05, 3.63) is 107 Å². The Hall–Kier alpha value is -3.83. The van der Waals surface area contributed by atoms with E-state index in [1.165, 1.54) is 5.39 Å². The van der Waals surface area contributed by atoms with Gasteiger partial charge in [0.15, 0.2) is 0 Å². The summed E-state index contributed by atoms with van der Waals surface area (Å²) in [6, 6.07) is 27.7. The Morgan fingerprint density at radius 2 is 1.78 bits per heavy atom. The zero-order valence-corrected chi connectivity index (χ0v) is 21.0. The number of hydrogen-bond donors (Lipinski definition) is 1. The minimum Gasteiger partial charge on any atom is -0.486 e. The molecule has 4 aromatic carbocycles. The number of fused-ring (bicyclic) bond motifs is 2. The van der Waals surface area contributed by atoms with Gasteiger partial charge in [-0.2, -0.15) is 0 Å². The zero-order valence-electron chi connectivity index (χ0n) is 20.2.